The third-order valence-electron chi connectivity index (χ3n) is 6.39. The first-order valence-electron chi connectivity index (χ1n) is 13.0. The Morgan fingerprint density at radius 1 is 1.28 bits per heavy atom. The van der Waals surface area contributed by atoms with Crippen molar-refractivity contribution in [3.8, 4) is 11.3 Å². The number of nitrogens with two attached hydrogens (primary N) is 1. The van der Waals surface area contributed by atoms with Crippen molar-refractivity contribution in [1.29, 1.82) is 0 Å². The number of aromatic amines is 1. The first-order chi connectivity index (χ1) is 20.7. The Morgan fingerprint density at radius 3 is 2.86 bits per heavy atom. The first kappa shape index (κ1) is 30.9. The van der Waals surface area contributed by atoms with E-state index >= 15 is 4.39 Å². The number of hydrogen-bond donors (Lipinski definition) is 5. The Balaban J connectivity index is 1.61. The lowest BCUT2D eigenvalue weighted by Crippen LogP contribution is -2.29. The molecule has 224 valence electrons. The van der Waals surface area contributed by atoms with Crippen LogP contribution in [0, 0.1) is 5.95 Å². The number of aromatic nitrogens is 2. The summed E-state index contributed by atoms with van der Waals surface area (Å²) in [6, 6.07) is 8.74. The van der Waals surface area contributed by atoms with Crippen molar-refractivity contribution in [2.75, 3.05) is 22.8 Å². The van der Waals surface area contributed by atoms with Crippen LogP contribution in [0.2, 0.25) is 5.02 Å². The van der Waals surface area contributed by atoms with E-state index in [9.17, 15) is 14.4 Å². The number of H-pyrrole nitrogens is 1. The van der Waals surface area contributed by atoms with Crippen LogP contribution in [0.3, 0.4) is 0 Å². The van der Waals surface area contributed by atoms with Crippen LogP contribution in [-0.2, 0) is 14.3 Å². The van der Waals surface area contributed by atoms with Gasteiger partial charge in [-0.15, -0.1) is 5.10 Å². The zero-order chi connectivity index (χ0) is 30.9. The van der Waals surface area contributed by atoms with Crippen LogP contribution in [-0.4, -0.2) is 48.0 Å². The van der Waals surface area contributed by atoms with Gasteiger partial charge in [-0.05, 0) is 55.3 Å². The van der Waals surface area contributed by atoms with Crippen LogP contribution in [0.15, 0.2) is 52.7 Å². The second-order valence-electron chi connectivity index (χ2n) is 9.33. The minimum Gasteiger partial charge on any atom is -0.453 e. The molecule has 13 nitrogen and oxygen atoms in total. The summed E-state index contributed by atoms with van der Waals surface area (Å²) in [6.07, 6.45) is 4.97. The summed E-state index contributed by atoms with van der Waals surface area (Å²) >= 11 is 6.15. The van der Waals surface area contributed by atoms with E-state index in [4.69, 9.17) is 17.4 Å². The predicted octanol–water partition coefficient (Wildman–Crippen LogP) is 4.75. The third-order valence-corrected chi connectivity index (χ3v) is 6.63. The lowest BCUT2D eigenvalue weighted by atomic mass is 10.1. The van der Waals surface area contributed by atoms with E-state index in [0.717, 1.165) is 0 Å². The summed E-state index contributed by atoms with van der Waals surface area (Å²) in [5, 5.41) is 16.8. The number of methoxy groups -OCH3 is 1. The van der Waals surface area contributed by atoms with Gasteiger partial charge in [-0.1, -0.05) is 18.0 Å². The highest BCUT2D eigenvalue weighted by Crippen LogP contribution is 2.34. The molecule has 6 N–H and O–H groups in total. The molecule has 15 heteroatoms. The average molecular weight is 610 g/mol. The number of nitrogens with zero attached hydrogens (tertiary/aromatic N) is 4. The SMILES string of the molecule is C=N/N=C\N(N)c1ccc(Cl)cc1/C=C/C(=O)N[C@H]1CCCCC(=O)Nc2cc(NC(=O)OC)ccc2-c2nc1[nH]c2F. The molecule has 0 radical (unpaired) electrons. The highest BCUT2D eigenvalue weighted by Gasteiger charge is 2.24. The minimum absolute atomic E-state index is 0.0624. The minimum atomic E-state index is -0.754. The summed E-state index contributed by atoms with van der Waals surface area (Å²) in [7, 11) is 1.22. The summed E-state index contributed by atoms with van der Waals surface area (Å²) in [5.41, 5.74) is 1.81. The Hall–Kier alpha value is -5.08. The van der Waals surface area contributed by atoms with Crippen molar-refractivity contribution in [2.24, 2.45) is 16.0 Å². The van der Waals surface area contributed by atoms with Crippen molar-refractivity contribution >= 4 is 65.7 Å². The van der Waals surface area contributed by atoms with Gasteiger partial charge in [-0.2, -0.15) is 9.49 Å². The van der Waals surface area contributed by atoms with Gasteiger partial charge in [-0.3, -0.25) is 19.9 Å². The topological polar surface area (TPSA) is 179 Å². The zero-order valence-electron chi connectivity index (χ0n) is 23.1. The summed E-state index contributed by atoms with van der Waals surface area (Å²) in [4.78, 5) is 44.4. The maximum absolute atomic E-state index is 15.3. The van der Waals surface area contributed by atoms with Gasteiger partial charge in [0.25, 0.3) is 0 Å². The number of rotatable bonds is 7. The van der Waals surface area contributed by atoms with Crippen molar-refractivity contribution in [1.82, 2.24) is 15.3 Å². The number of nitrogens with one attached hydrogen (secondary N) is 4. The Morgan fingerprint density at radius 2 is 2.09 bits per heavy atom. The molecule has 0 unspecified atom stereocenters. The number of hydrogen-bond acceptors (Lipinski definition) is 8. The zero-order valence-corrected chi connectivity index (χ0v) is 23.8. The number of fused-ring (bicyclic) bond motifs is 4. The normalized spacial score (nSPS) is 15.2. The molecule has 43 heavy (non-hydrogen) atoms. The Bertz CT molecular complexity index is 1590. The van der Waals surface area contributed by atoms with Gasteiger partial charge in [0.05, 0.1) is 24.5 Å². The molecule has 0 fully saturated rings. The number of imidazole rings is 1. The molecule has 3 amide bonds. The van der Waals surface area contributed by atoms with Gasteiger partial charge in [-0.25, -0.2) is 15.6 Å². The lowest BCUT2D eigenvalue weighted by molar-refractivity contribution is -0.118. The van der Waals surface area contributed by atoms with Crippen LogP contribution >= 0.6 is 11.6 Å². The van der Waals surface area contributed by atoms with Crippen molar-refractivity contribution in [2.45, 2.75) is 31.7 Å². The molecule has 1 aromatic heterocycles. The van der Waals surface area contributed by atoms with E-state index in [1.807, 2.05) is 0 Å². The predicted molar refractivity (Wildman–Crippen MR) is 163 cm³/mol. The highest BCUT2D eigenvalue weighted by molar-refractivity contribution is 6.30. The molecule has 0 saturated carbocycles. The van der Waals surface area contributed by atoms with Crippen LogP contribution in [0.25, 0.3) is 17.3 Å². The number of carbonyl (C=O) groups excluding carboxylic acids is 3. The smallest absolute Gasteiger partial charge is 0.411 e. The maximum atomic E-state index is 15.3. The number of anilines is 3. The van der Waals surface area contributed by atoms with Crippen LogP contribution in [0.4, 0.5) is 26.2 Å². The Labute approximate surface area is 251 Å². The number of ether oxygens (including phenoxy) is 1. The average Bonchev–Trinajstić information content (AvgIpc) is 3.37. The van der Waals surface area contributed by atoms with Gasteiger partial charge < -0.3 is 20.4 Å². The van der Waals surface area contributed by atoms with E-state index in [2.05, 4.69) is 47.6 Å². The van der Waals surface area contributed by atoms with Crippen LogP contribution in [0.5, 0.6) is 0 Å². The van der Waals surface area contributed by atoms with Gasteiger partial charge >= 0.3 is 6.09 Å². The molecule has 1 aliphatic rings. The fourth-order valence-corrected chi connectivity index (χ4v) is 4.55. The van der Waals surface area contributed by atoms with E-state index in [-0.39, 0.29) is 35.1 Å². The fourth-order valence-electron chi connectivity index (χ4n) is 4.37. The van der Waals surface area contributed by atoms with Crippen molar-refractivity contribution in [3.63, 3.8) is 0 Å². The molecule has 0 saturated heterocycles. The molecule has 0 spiro atoms. The summed E-state index contributed by atoms with van der Waals surface area (Å²) in [5.74, 6) is 4.68. The number of benzene rings is 2. The van der Waals surface area contributed by atoms with E-state index in [1.165, 1.54) is 48.8 Å². The summed E-state index contributed by atoms with van der Waals surface area (Å²) < 4.78 is 19.9. The molecular weight excluding hydrogens is 581 g/mol. The fraction of sp³-hybridized carbons (Fsp3) is 0.214. The second-order valence-corrected chi connectivity index (χ2v) is 9.77. The van der Waals surface area contributed by atoms with Gasteiger partial charge in [0.1, 0.15) is 17.9 Å². The molecule has 2 bridgehead atoms. The monoisotopic (exact) mass is 609 g/mol. The van der Waals surface area contributed by atoms with Crippen LogP contribution < -0.4 is 26.8 Å². The van der Waals surface area contributed by atoms with Gasteiger partial charge in [0, 0.05) is 41.1 Å². The third kappa shape index (κ3) is 8.02. The molecule has 4 rings (SSSR count). The highest BCUT2D eigenvalue weighted by atomic mass is 35.5. The first-order valence-corrected chi connectivity index (χ1v) is 13.4. The molecular formula is C28H29ClFN9O4. The number of hydrazine groups is 1. The number of carbonyl (C=O) groups is 3. The van der Waals surface area contributed by atoms with Gasteiger partial charge in [0.15, 0.2) is 0 Å². The molecule has 2 heterocycles. The quantitative estimate of drug-likeness (QED) is 0.0842. The maximum Gasteiger partial charge on any atom is 0.411 e. The Kier molecular flexibility index (Phi) is 10.2. The number of halogens is 2. The molecule has 3 aromatic rings. The largest absolute Gasteiger partial charge is 0.453 e. The molecule has 0 aliphatic carbocycles. The standard InChI is InChI=1S/C28H29ClFN9O4/c1-32-33-15-39(31)22-11-8-17(29)13-16(22)7-12-24(41)35-20-5-3-4-6-23(40)36-21-14-18(34-28(42)43-2)9-10-19(21)25-26(30)38-27(20)37-25/h7-15,20H,1,3-6,31H2,2H3,(H,34,42)(H,35,41)(H,36,40)(H,37,38)/b12-7+,33-15-/t20-/m0/s1. The van der Waals surface area contributed by atoms with Crippen molar-refractivity contribution < 1.29 is 23.5 Å². The second kappa shape index (κ2) is 14.2. The van der Waals surface area contributed by atoms with E-state index < -0.39 is 24.0 Å². The van der Waals surface area contributed by atoms with Gasteiger partial charge in [0.2, 0.25) is 17.8 Å². The van der Waals surface area contributed by atoms with Crippen LogP contribution in [0.1, 0.15) is 43.1 Å². The molecule has 1 aliphatic heterocycles. The lowest BCUT2D eigenvalue weighted by Gasteiger charge is -2.17. The number of amides is 3. The van der Waals surface area contributed by atoms with Crippen molar-refractivity contribution in [3.05, 3.63) is 64.8 Å². The summed E-state index contributed by atoms with van der Waals surface area (Å²) in [6.45, 7) is 3.27. The van der Waals surface area contributed by atoms with E-state index in [1.54, 1.807) is 18.2 Å². The molecule has 1 atom stereocenters. The van der Waals surface area contributed by atoms with E-state index in [0.29, 0.717) is 41.2 Å². The molecule has 2 aromatic carbocycles.